The first-order chi connectivity index (χ1) is 12.1. The zero-order valence-corrected chi connectivity index (χ0v) is 17.2. The van der Waals surface area contributed by atoms with E-state index in [4.69, 9.17) is 16.3 Å². The summed E-state index contributed by atoms with van der Waals surface area (Å²) in [5, 5.41) is 0.917. The third kappa shape index (κ3) is 4.47. The molecular weight excluding hydrogens is 449 g/mol. The number of alkyl halides is 1. The number of nitrogens with zero attached hydrogens (tertiary/aromatic N) is 1. The molecule has 0 spiro atoms. The van der Waals surface area contributed by atoms with Gasteiger partial charge in [-0.2, -0.15) is 0 Å². The van der Waals surface area contributed by atoms with Crippen LogP contribution in [0.25, 0.3) is 0 Å². The fourth-order valence-electron chi connectivity index (χ4n) is 3.57. The number of ether oxygens (including phenoxy) is 1. The van der Waals surface area contributed by atoms with Crippen LogP contribution < -0.4 is 0 Å². The van der Waals surface area contributed by atoms with E-state index in [1.54, 1.807) is 7.11 Å². The molecule has 5 heteroatoms. The van der Waals surface area contributed by atoms with Crippen LogP contribution in [0.4, 0.5) is 0 Å². The van der Waals surface area contributed by atoms with Gasteiger partial charge in [0.15, 0.2) is 6.10 Å². The van der Waals surface area contributed by atoms with E-state index in [-0.39, 0.29) is 5.91 Å². The highest BCUT2D eigenvalue weighted by Crippen LogP contribution is 2.34. The fraction of sp³-hybridized carbons (Fsp3) is 0.450. The van der Waals surface area contributed by atoms with Gasteiger partial charge in [-0.1, -0.05) is 70.6 Å². The zero-order chi connectivity index (χ0) is 17.8. The Morgan fingerprint density at radius 1 is 1.36 bits per heavy atom. The minimum Gasteiger partial charge on any atom is -0.367 e. The molecule has 1 aromatic carbocycles. The van der Waals surface area contributed by atoms with E-state index < -0.39 is 6.10 Å². The van der Waals surface area contributed by atoms with E-state index >= 15 is 0 Å². The summed E-state index contributed by atoms with van der Waals surface area (Å²) in [5.74, 6) is 0.417. The highest BCUT2D eigenvalue weighted by Gasteiger charge is 2.31. The summed E-state index contributed by atoms with van der Waals surface area (Å²) in [6.45, 7) is 1.53. The van der Waals surface area contributed by atoms with Crippen LogP contribution >= 0.6 is 34.2 Å². The van der Waals surface area contributed by atoms with Crippen LogP contribution in [0, 0.1) is 5.92 Å². The fourth-order valence-corrected chi connectivity index (χ4v) is 4.22. The predicted molar refractivity (Wildman–Crippen MR) is 110 cm³/mol. The number of hydrogen-bond donors (Lipinski definition) is 0. The Morgan fingerprint density at radius 3 is 2.80 bits per heavy atom. The third-order valence-electron chi connectivity index (χ3n) is 4.93. The van der Waals surface area contributed by atoms with Crippen LogP contribution in [0.1, 0.15) is 30.9 Å². The van der Waals surface area contributed by atoms with Gasteiger partial charge >= 0.3 is 0 Å². The molecule has 1 aliphatic heterocycles. The first-order valence-corrected chi connectivity index (χ1v) is 10.3. The van der Waals surface area contributed by atoms with Gasteiger partial charge in [0.05, 0.1) is 3.92 Å². The lowest BCUT2D eigenvalue weighted by molar-refractivity contribution is -0.144. The van der Waals surface area contributed by atoms with Crippen molar-refractivity contribution in [3.63, 3.8) is 0 Å². The lowest BCUT2D eigenvalue weighted by Gasteiger charge is -2.36. The Labute approximate surface area is 168 Å². The molecule has 1 saturated heterocycles. The van der Waals surface area contributed by atoms with Crippen LogP contribution in [-0.2, 0) is 9.53 Å². The Kier molecular flexibility index (Phi) is 6.58. The maximum absolute atomic E-state index is 13.0. The van der Waals surface area contributed by atoms with Crippen molar-refractivity contribution in [1.82, 2.24) is 4.90 Å². The number of amides is 1. The summed E-state index contributed by atoms with van der Waals surface area (Å²) in [5.41, 5.74) is 2.19. The van der Waals surface area contributed by atoms with Crippen LogP contribution in [0.5, 0.6) is 0 Å². The molecule has 2 aliphatic rings. The number of carbonyl (C=O) groups excluding carboxylic acids is 1. The average molecular weight is 472 g/mol. The molecule has 1 heterocycles. The van der Waals surface area contributed by atoms with Crippen molar-refractivity contribution in [1.29, 1.82) is 0 Å². The van der Waals surface area contributed by atoms with Crippen LogP contribution in [0.2, 0.25) is 0 Å². The molecule has 3 atom stereocenters. The quantitative estimate of drug-likeness (QED) is 0.463. The maximum atomic E-state index is 13.0. The molecule has 1 amide bonds. The zero-order valence-electron chi connectivity index (χ0n) is 14.3. The monoisotopic (exact) mass is 471 g/mol. The average Bonchev–Trinajstić information content (AvgIpc) is 2.65. The molecule has 134 valence electrons. The Bertz CT molecular complexity index is 674. The molecule has 25 heavy (non-hydrogen) atoms. The number of hydrogen-bond acceptors (Lipinski definition) is 2. The van der Waals surface area contributed by atoms with Gasteiger partial charge in [-0.05, 0) is 36.5 Å². The van der Waals surface area contributed by atoms with Crippen molar-refractivity contribution in [2.24, 2.45) is 5.92 Å². The molecule has 2 unspecified atom stereocenters. The van der Waals surface area contributed by atoms with Crippen molar-refractivity contribution in [3.05, 3.63) is 58.7 Å². The first-order valence-electron chi connectivity index (χ1n) is 8.68. The SMILES string of the molecule is CO[C@@H](C(=O)N1CCCC(C2=CCC(I)C(Cl)=C2)C1)c1ccccc1. The summed E-state index contributed by atoms with van der Waals surface area (Å²) < 4.78 is 5.90. The standard InChI is InChI=1S/C20H23ClINO2/c1-25-19(14-6-3-2-4-7-14)20(24)23-11-5-8-16(13-23)15-9-10-18(22)17(21)12-15/h2-4,6-7,9,12,16,18-19H,5,8,10-11,13H2,1H3/t16?,18?,19-/m1/s1. The van der Waals surface area contributed by atoms with E-state index in [9.17, 15) is 4.79 Å². The molecule has 0 N–H and O–H groups in total. The lowest BCUT2D eigenvalue weighted by Crippen LogP contribution is -2.43. The van der Waals surface area contributed by atoms with Crippen LogP contribution in [0.3, 0.4) is 0 Å². The van der Waals surface area contributed by atoms with Gasteiger partial charge in [0, 0.05) is 31.1 Å². The maximum Gasteiger partial charge on any atom is 0.256 e. The normalized spacial score (nSPS) is 25.2. The molecule has 0 saturated carbocycles. The molecule has 0 aromatic heterocycles. The van der Waals surface area contributed by atoms with E-state index in [1.807, 2.05) is 35.2 Å². The largest absolute Gasteiger partial charge is 0.367 e. The van der Waals surface area contributed by atoms with Crippen molar-refractivity contribution in [2.45, 2.75) is 29.3 Å². The van der Waals surface area contributed by atoms with Gasteiger partial charge in [0.2, 0.25) is 0 Å². The molecule has 1 aromatic rings. The van der Waals surface area contributed by atoms with Gasteiger partial charge in [-0.25, -0.2) is 0 Å². The second kappa shape index (κ2) is 8.69. The topological polar surface area (TPSA) is 29.5 Å². The molecule has 3 nitrogen and oxygen atoms in total. The van der Waals surface area contributed by atoms with Gasteiger partial charge < -0.3 is 9.64 Å². The number of piperidine rings is 1. The lowest BCUT2D eigenvalue weighted by atomic mass is 9.87. The smallest absolute Gasteiger partial charge is 0.256 e. The Hall–Kier alpha value is -0.850. The number of carbonyl (C=O) groups is 1. The first kappa shape index (κ1) is 18.9. The van der Waals surface area contributed by atoms with Gasteiger partial charge in [-0.3, -0.25) is 4.79 Å². The predicted octanol–water partition coefficient (Wildman–Crippen LogP) is 4.87. The van der Waals surface area contributed by atoms with Crippen molar-refractivity contribution in [3.8, 4) is 0 Å². The molecule has 0 radical (unpaired) electrons. The summed E-state index contributed by atoms with van der Waals surface area (Å²) in [6, 6.07) is 9.71. The number of rotatable bonds is 4. The third-order valence-corrected chi connectivity index (χ3v) is 6.85. The number of halogens is 2. The molecule has 0 bridgehead atoms. The highest BCUT2D eigenvalue weighted by molar-refractivity contribution is 14.1. The van der Waals surface area contributed by atoms with E-state index in [0.717, 1.165) is 42.9 Å². The van der Waals surface area contributed by atoms with Crippen LogP contribution in [0.15, 0.2) is 53.1 Å². The van der Waals surface area contributed by atoms with E-state index in [0.29, 0.717) is 9.84 Å². The van der Waals surface area contributed by atoms with E-state index in [1.165, 1.54) is 5.57 Å². The number of likely N-dealkylation sites (tertiary alicyclic amines) is 1. The molecular formula is C20H23ClINO2. The summed E-state index contributed by atoms with van der Waals surface area (Å²) >= 11 is 8.72. The second-order valence-electron chi connectivity index (χ2n) is 6.59. The van der Waals surface area contributed by atoms with E-state index in [2.05, 4.69) is 34.7 Å². The minimum atomic E-state index is -0.529. The Morgan fingerprint density at radius 2 is 2.12 bits per heavy atom. The van der Waals surface area contributed by atoms with Crippen LogP contribution in [-0.4, -0.2) is 34.9 Å². The molecule has 3 rings (SSSR count). The molecule has 1 fully saturated rings. The van der Waals surface area contributed by atoms with Crippen molar-refractivity contribution >= 4 is 40.1 Å². The van der Waals surface area contributed by atoms with Gasteiger partial charge in [-0.15, -0.1) is 0 Å². The highest BCUT2D eigenvalue weighted by atomic mass is 127. The Balaban J connectivity index is 1.72. The second-order valence-corrected chi connectivity index (χ2v) is 8.53. The summed E-state index contributed by atoms with van der Waals surface area (Å²) in [7, 11) is 1.60. The molecule has 1 aliphatic carbocycles. The number of benzene rings is 1. The number of allylic oxidation sites excluding steroid dienone is 3. The van der Waals surface area contributed by atoms with Gasteiger partial charge in [0.25, 0.3) is 5.91 Å². The minimum absolute atomic E-state index is 0.0525. The van der Waals surface area contributed by atoms with Crippen molar-refractivity contribution in [2.75, 3.05) is 20.2 Å². The van der Waals surface area contributed by atoms with Crippen molar-refractivity contribution < 1.29 is 9.53 Å². The van der Waals surface area contributed by atoms with Gasteiger partial charge in [0.1, 0.15) is 0 Å². The summed E-state index contributed by atoms with van der Waals surface area (Å²) in [4.78, 5) is 15.0. The summed E-state index contributed by atoms with van der Waals surface area (Å²) in [6.07, 6.45) is 6.94. The number of methoxy groups -OCH3 is 1.